The van der Waals surface area contributed by atoms with Crippen molar-refractivity contribution in [2.24, 2.45) is 0 Å². The molecule has 4 N–H and O–H groups in total. The first-order valence-corrected chi connectivity index (χ1v) is 20.9. The minimum absolute atomic E-state index is 0.165. The van der Waals surface area contributed by atoms with Gasteiger partial charge in [0.2, 0.25) is 17.8 Å². The molecule has 294 valence electrons. The zero-order valence-electron chi connectivity index (χ0n) is 31.0. The van der Waals surface area contributed by atoms with Crippen LogP contribution in [-0.2, 0) is 29.7 Å². The average Bonchev–Trinajstić information content (AvgIpc) is 3.54. The van der Waals surface area contributed by atoms with E-state index < -0.39 is 19.5 Å². The highest BCUT2D eigenvalue weighted by molar-refractivity contribution is 7.99. The van der Waals surface area contributed by atoms with Crippen LogP contribution >= 0.6 is 31.0 Å². The molecule has 0 bridgehead atoms. The van der Waals surface area contributed by atoms with Gasteiger partial charge in [-0.3, -0.25) is 24.3 Å². The van der Waals surface area contributed by atoms with Gasteiger partial charge in [0.15, 0.2) is 5.82 Å². The van der Waals surface area contributed by atoms with Gasteiger partial charge in [0.05, 0.1) is 30.0 Å². The summed E-state index contributed by atoms with van der Waals surface area (Å²) in [6, 6.07) is 18.4. The van der Waals surface area contributed by atoms with Gasteiger partial charge in [-0.1, -0.05) is 23.7 Å². The molecule has 4 heterocycles. The lowest BCUT2D eigenvalue weighted by atomic mass is 10.0. The van der Waals surface area contributed by atoms with Crippen LogP contribution < -0.4 is 36.2 Å². The maximum absolute atomic E-state index is 13.2. The number of imide groups is 1. The summed E-state index contributed by atoms with van der Waals surface area (Å²) in [5, 5.41) is 13.0. The number of carbonyl (C=O) groups is 3. The number of nitrogens with one attached hydrogen (secondary N) is 4. The number of methoxy groups -OCH3 is 1. The van der Waals surface area contributed by atoms with Crippen LogP contribution in [0.25, 0.3) is 0 Å². The molecule has 15 nitrogen and oxygen atoms in total. The van der Waals surface area contributed by atoms with Crippen molar-refractivity contribution in [1.29, 1.82) is 0 Å². The normalized spacial score (nSPS) is 17.5. The average molecular weight is 821 g/mol. The first kappa shape index (κ1) is 39.5. The van der Waals surface area contributed by atoms with Crippen LogP contribution in [0.2, 0.25) is 5.02 Å². The van der Waals surface area contributed by atoms with E-state index in [2.05, 4.69) is 36.1 Å². The van der Waals surface area contributed by atoms with E-state index >= 15 is 0 Å². The SMILES string of the molecule is COc1cc(N2CCC(NCSc3ccc4c(c3)CN(C3CCC(=O)NC3=O)C4=O)CC2)ccc1Nc1ncc(Cl)c(Nc2ccccc2P(=O)(OC)OC)n1. The number of nitrogens with zero attached hydrogens (tertiary/aromatic N) is 4. The van der Waals surface area contributed by atoms with Crippen molar-refractivity contribution < 1.29 is 32.7 Å². The van der Waals surface area contributed by atoms with Crippen molar-refractivity contribution in [2.45, 2.75) is 49.2 Å². The number of carbonyl (C=O) groups excluding carboxylic acids is 3. The molecule has 2 saturated heterocycles. The molecule has 18 heteroatoms. The summed E-state index contributed by atoms with van der Waals surface area (Å²) in [5.41, 5.74) is 3.68. The Morgan fingerprint density at radius 1 is 0.964 bits per heavy atom. The summed E-state index contributed by atoms with van der Waals surface area (Å²) in [5.74, 6) is 1.05. The molecule has 3 aromatic carbocycles. The lowest BCUT2D eigenvalue weighted by Gasteiger charge is -2.34. The van der Waals surface area contributed by atoms with E-state index in [4.69, 9.17) is 25.4 Å². The van der Waals surface area contributed by atoms with E-state index in [1.807, 2.05) is 36.4 Å². The maximum atomic E-state index is 13.2. The first-order chi connectivity index (χ1) is 27.1. The number of piperidine rings is 2. The molecule has 1 atom stereocenters. The van der Waals surface area contributed by atoms with Crippen LogP contribution in [0.4, 0.5) is 28.8 Å². The standard InChI is InChI=1S/C38H42ClN8O7PS/c1-52-32-19-25(8-11-29(32)43-38-40-20-28(39)35(45-38)42-30-6-4-5-7-33(30)55(51,53-2)54-3)46-16-14-24(15-17-46)41-22-56-26-9-10-27-23(18-26)21-47(37(27)50)31-12-13-34(48)44-36(31)49/h4-11,18-20,24,31,41H,12-17,21-22H2,1-3H3,(H,44,48,49)(H2,40,42,43,45). The Bertz CT molecular complexity index is 2180. The largest absolute Gasteiger partial charge is 0.494 e. The van der Waals surface area contributed by atoms with Crippen LogP contribution in [0, 0.1) is 0 Å². The zero-order chi connectivity index (χ0) is 39.4. The third-order valence-electron chi connectivity index (χ3n) is 10.1. The molecule has 0 aliphatic carbocycles. The second-order valence-electron chi connectivity index (χ2n) is 13.4. The first-order valence-electron chi connectivity index (χ1n) is 18.0. The number of fused-ring (bicyclic) bond motifs is 1. The van der Waals surface area contributed by atoms with E-state index in [0.29, 0.717) is 52.8 Å². The van der Waals surface area contributed by atoms with Crippen molar-refractivity contribution in [1.82, 2.24) is 25.5 Å². The van der Waals surface area contributed by atoms with Gasteiger partial charge in [-0.25, -0.2) is 4.98 Å². The molecular weight excluding hydrogens is 779 g/mol. The van der Waals surface area contributed by atoms with Crippen molar-refractivity contribution >= 4 is 82.8 Å². The molecule has 56 heavy (non-hydrogen) atoms. The summed E-state index contributed by atoms with van der Waals surface area (Å²) >= 11 is 8.14. The third-order valence-corrected chi connectivity index (χ3v) is 13.2. The van der Waals surface area contributed by atoms with Crippen LogP contribution in [-0.4, -0.2) is 85.0 Å². The van der Waals surface area contributed by atoms with Gasteiger partial charge < -0.3 is 39.5 Å². The van der Waals surface area contributed by atoms with E-state index in [1.165, 1.54) is 20.4 Å². The third kappa shape index (κ3) is 8.50. The van der Waals surface area contributed by atoms with Gasteiger partial charge in [-0.05, 0) is 67.3 Å². The second kappa shape index (κ2) is 17.2. The number of anilines is 5. The number of thioether (sulfide) groups is 1. The lowest BCUT2D eigenvalue weighted by Crippen LogP contribution is -2.52. The Kier molecular flexibility index (Phi) is 12.1. The molecule has 7 rings (SSSR count). The van der Waals surface area contributed by atoms with E-state index in [0.717, 1.165) is 48.0 Å². The monoisotopic (exact) mass is 820 g/mol. The molecule has 0 saturated carbocycles. The maximum Gasteiger partial charge on any atom is 0.362 e. The van der Waals surface area contributed by atoms with Crippen LogP contribution in [0.1, 0.15) is 41.6 Å². The van der Waals surface area contributed by atoms with Crippen molar-refractivity contribution in [3.63, 3.8) is 0 Å². The number of benzene rings is 3. The predicted octanol–water partition coefficient (Wildman–Crippen LogP) is 5.81. The van der Waals surface area contributed by atoms with Gasteiger partial charge in [0.25, 0.3) is 5.91 Å². The summed E-state index contributed by atoms with van der Waals surface area (Å²) in [6.07, 6.45) is 3.98. The van der Waals surface area contributed by atoms with Crippen LogP contribution in [0.15, 0.2) is 71.8 Å². The number of halogens is 1. The molecule has 1 aromatic heterocycles. The molecule has 4 aromatic rings. The van der Waals surface area contributed by atoms with E-state index in [-0.39, 0.29) is 29.2 Å². The van der Waals surface area contributed by atoms with Crippen LogP contribution in [0.5, 0.6) is 5.75 Å². The molecular formula is C38H42ClN8O7PS. The highest BCUT2D eigenvalue weighted by atomic mass is 35.5. The van der Waals surface area contributed by atoms with Crippen molar-refractivity contribution in [3.8, 4) is 5.75 Å². The Morgan fingerprint density at radius 3 is 2.50 bits per heavy atom. The molecule has 3 aliphatic rings. The molecule has 3 aliphatic heterocycles. The smallest absolute Gasteiger partial charge is 0.362 e. The number of ether oxygens (including phenoxy) is 1. The van der Waals surface area contributed by atoms with Gasteiger partial charge in [0.1, 0.15) is 16.8 Å². The molecule has 0 spiro atoms. The number of rotatable bonds is 14. The Labute approximate surface area is 333 Å². The van der Waals surface area contributed by atoms with Crippen molar-refractivity contribution in [3.05, 3.63) is 83.0 Å². The molecule has 3 amide bonds. The highest BCUT2D eigenvalue weighted by Crippen LogP contribution is 2.47. The fraction of sp³-hybridized carbons (Fsp3) is 0.342. The second-order valence-corrected chi connectivity index (χ2v) is 17.0. The minimum Gasteiger partial charge on any atom is -0.494 e. The number of para-hydroxylation sites is 1. The Morgan fingerprint density at radius 2 is 1.75 bits per heavy atom. The topological polar surface area (TPSA) is 176 Å². The number of hydrogen-bond donors (Lipinski definition) is 4. The zero-order valence-corrected chi connectivity index (χ0v) is 33.5. The highest BCUT2D eigenvalue weighted by Gasteiger charge is 2.39. The summed E-state index contributed by atoms with van der Waals surface area (Å²) < 4.78 is 29.3. The number of hydrogen-bond acceptors (Lipinski definition) is 14. The minimum atomic E-state index is -3.56. The van der Waals surface area contributed by atoms with Crippen molar-refractivity contribution in [2.75, 3.05) is 55.8 Å². The predicted molar refractivity (Wildman–Crippen MR) is 216 cm³/mol. The summed E-state index contributed by atoms with van der Waals surface area (Å²) in [4.78, 5) is 50.9. The Balaban J connectivity index is 0.916. The van der Waals surface area contributed by atoms with Gasteiger partial charge in [0, 0.05) is 74.4 Å². The summed E-state index contributed by atoms with van der Waals surface area (Å²) in [6.45, 7) is 2.10. The fourth-order valence-electron chi connectivity index (χ4n) is 7.06. The van der Waals surface area contributed by atoms with Gasteiger partial charge in [-0.15, -0.1) is 11.8 Å². The number of aromatic nitrogens is 2. The quantitative estimate of drug-likeness (QED) is 0.0519. The van der Waals surface area contributed by atoms with E-state index in [1.54, 1.807) is 48.0 Å². The van der Waals surface area contributed by atoms with E-state index in [9.17, 15) is 18.9 Å². The fourth-order valence-corrected chi connectivity index (χ4v) is 9.31. The lowest BCUT2D eigenvalue weighted by molar-refractivity contribution is -0.136. The van der Waals surface area contributed by atoms with Gasteiger partial charge >= 0.3 is 7.60 Å². The molecule has 1 unspecified atom stereocenters. The van der Waals surface area contributed by atoms with Gasteiger partial charge in [-0.2, -0.15) is 4.98 Å². The summed E-state index contributed by atoms with van der Waals surface area (Å²) in [7, 11) is 0.701. The molecule has 0 radical (unpaired) electrons. The van der Waals surface area contributed by atoms with Crippen LogP contribution in [0.3, 0.4) is 0 Å². The molecule has 2 fully saturated rings. The Hall–Kier alpha value is -4.70. The number of amides is 3.